The Morgan fingerprint density at radius 3 is 1.11 bits per heavy atom. The van der Waals surface area contributed by atoms with Crippen LogP contribution >= 0.6 is 0 Å². The number of nitrogens with zero attached hydrogens (tertiary/aromatic N) is 1. The van der Waals surface area contributed by atoms with Gasteiger partial charge >= 0.3 is 37.7 Å². The van der Waals surface area contributed by atoms with E-state index in [1.54, 1.807) is 0 Å². The first kappa shape index (κ1) is 44.2. The molecule has 0 radical (unpaired) electrons. The predicted molar refractivity (Wildman–Crippen MR) is 117 cm³/mol. The van der Waals surface area contributed by atoms with E-state index in [9.17, 15) is 29.7 Å². The zero-order chi connectivity index (χ0) is 30.3. The molecule has 0 aliphatic heterocycles. The van der Waals surface area contributed by atoms with Crippen molar-refractivity contribution in [3.05, 3.63) is 0 Å². The van der Waals surface area contributed by atoms with Crippen molar-refractivity contribution in [2.75, 3.05) is 40.9 Å². The maximum absolute atomic E-state index is 10.0. The zero-order valence-corrected chi connectivity index (χ0v) is 23.3. The normalized spacial score (nSPS) is 18.2. The van der Waals surface area contributed by atoms with E-state index in [0.29, 0.717) is 11.0 Å². The van der Waals surface area contributed by atoms with E-state index in [1.165, 1.54) is 0 Å². The van der Waals surface area contributed by atoms with Gasteiger partial charge in [0.2, 0.25) is 0 Å². The second-order valence-electron chi connectivity index (χ2n) is 8.69. The third-order valence-electron chi connectivity index (χ3n) is 4.15. The number of carboxylic acids is 3. The van der Waals surface area contributed by atoms with Crippen LogP contribution in [0.2, 0.25) is 0 Å². The molecule has 18 nitrogen and oxygen atoms in total. The van der Waals surface area contributed by atoms with E-state index >= 15 is 0 Å². The number of hydrogen-bond donors (Lipinski definition) is 11. The van der Waals surface area contributed by atoms with Gasteiger partial charge in [-0.05, 0) is 0 Å². The fourth-order valence-corrected chi connectivity index (χ4v) is 2.21. The van der Waals surface area contributed by atoms with Crippen LogP contribution in [0.25, 0.3) is 0 Å². The first-order valence-electron chi connectivity index (χ1n) is 10.4. The number of rotatable bonds is 14. The summed E-state index contributed by atoms with van der Waals surface area (Å²) in [5, 5.41) is 126. The average Bonchev–Trinajstić information content (AvgIpc) is 2.78. The third kappa shape index (κ3) is 21.1. The van der Waals surface area contributed by atoms with Crippen LogP contribution in [0.1, 0.15) is 6.42 Å². The molecule has 0 saturated heterocycles. The smallest absolute Gasteiger partial charge is 0.550 e. The standard InChI is InChI=1S/C7H15NO3.2C6H12O7.Ca/c1-8(2,3)5-6(9)4-7(10)11;2*7-1-2(8)3(9)4(10)5(11)6(12)13;/h6,9H,4-5H2,1-3H3;2*2-5,7-11H,1H2,(H,12,13);/q;;;+2/p-2. The molecule has 222 valence electrons. The number of aliphatic carboxylic acids is 3. The van der Waals surface area contributed by atoms with Gasteiger partial charge in [0.1, 0.15) is 61.5 Å². The molecule has 0 rings (SSSR count). The van der Waals surface area contributed by atoms with Gasteiger partial charge in [-0.1, -0.05) is 0 Å². The van der Waals surface area contributed by atoms with Gasteiger partial charge in [-0.2, -0.15) is 0 Å². The molecule has 0 aromatic heterocycles. The van der Waals surface area contributed by atoms with Crippen LogP contribution in [0.5, 0.6) is 0 Å². The molecular formula is C19H37CaNO17. The molecule has 0 spiro atoms. The van der Waals surface area contributed by atoms with Crippen molar-refractivity contribution in [1.29, 1.82) is 0 Å². The Morgan fingerprint density at radius 1 is 0.632 bits per heavy atom. The van der Waals surface area contributed by atoms with Crippen LogP contribution < -0.4 is 15.3 Å². The predicted octanol–water partition coefficient (Wildman–Crippen LogP) is -11.8. The van der Waals surface area contributed by atoms with E-state index < -0.39 is 86.1 Å². The Kier molecular flexibility index (Phi) is 25.5. The van der Waals surface area contributed by atoms with Crippen molar-refractivity contribution in [3.8, 4) is 0 Å². The van der Waals surface area contributed by atoms with Gasteiger partial charge in [-0.15, -0.1) is 0 Å². The molecule has 0 fully saturated rings. The number of aliphatic hydroxyl groups is 11. The van der Waals surface area contributed by atoms with Crippen molar-refractivity contribution >= 4 is 55.6 Å². The van der Waals surface area contributed by atoms with Crippen LogP contribution in [-0.2, 0) is 14.4 Å². The molecule has 0 bridgehead atoms. The SMILES string of the molecule is C[N+](C)(C)CC(O)CC(=O)[O-].O=C([O-])C(O)C(O)C(O)C(O)CO.O=C([O-])C(O)C(O)C(O)C(O)CO.[Ca+2]. The molecule has 11 N–H and O–H groups in total. The second-order valence-corrected chi connectivity index (χ2v) is 8.69. The summed E-state index contributed by atoms with van der Waals surface area (Å²) in [6, 6.07) is 0. The molecule has 9 unspecified atom stereocenters. The minimum Gasteiger partial charge on any atom is -0.550 e. The molecule has 0 aromatic carbocycles. The number of carbonyl (C=O) groups is 3. The van der Waals surface area contributed by atoms with Crippen LogP contribution in [0.15, 0.2) is 0 Å². The van der Waals surface area contributed by atoms with E-state index in [1.807, 2.05) is 21.1 Å². The van der Waals surface area contributed by atoms with Gasteiger partial charge < -0.3 is 90.4 Å². The summed E-state index contributed by atoms with van der Waals surface area (Å²) >= 11 is 0. The maximum Gasteiger partial charge on any atom is 2.00 e. The minimum atomic E-state index is -2.31. The van der Waals surface area contributed by atoms with E-state index in [4.69, 9.17) is 56.2 Å². The van der Waals surface area contributed by atoms with Gasteiger partial charge in [0.25, 0.3) is 0 Å². The van der Waals surface area contributed by atoms with E-state index in [2.05, 4.69) is 0 Å². The summed E-state index contributed by atoms with van der Waals surface area (Å²) < 4.78 is 0.550. The van der Waals surface area contributed by atoms with Crippen LogP contribution in [-0.4, -0.2) is 212 Å². The van der Waals surface area contributed by atoms with Gasteiger partial charge in [0.05, 0.1) is 46.3 Å². The van der Waals surface area contributed by atoms with Gasteiger partial charge in [-0.25, -0.2) is 0 Å². The Hall–Kier alpha value is -0.810. The minimum absolute atomic E-state index is 0. The molecule has 0 heterocycles. The van der Waals surface area contributed by atoms with Gasteiger partial charge in [0.15, 0.2) is 0 Å². The topological polar surface area (TPSA) is 343 Å². The Morgan fingerprint density at radius 2 is 0.921 bits per heavy atom. The largest absolute Gasteiger partial charge is 2.00 e. The molecule has 0 aliphatic carbocycles. The summed E-state index contributed by atoms with van der Waals surface area (Å²) in [5.41, 5.74) is 0. The van der Waals surface area contributed by atoms with Crippen LogP contribution in [0.3, 0.4) is 0 Å². The molecule has 0 saturated carbocycles. The fraction of sp³-hybridized carbons (Fsp3) is 0.842. The second kappa shape index (κ2) is 21.9. The third-order valence-corrected chi connectivity index (χ3v) is 4.15. The molecule has 0 amide bonds. The summed E-state index contributed by atoms with van der Waals surface area (Å²) in [7, 11) is 5.66. The quantitative estimate of drug-likeness (QED) is 0.0659. The number of aliphatic hydroxyl groups excluding tert-OH is 11. The number of carbonyl (C=O) groups excluding carboxylic acids is 3. The zero-order valence-electron chi connectivity index (χ0n) is 21.0. The van der Waals surface area contributed by atoms with Crippen molar-refractivity contribution in [2.24, 2.45) is 0 Å². The fourth-order valence-electron chi connectivity index (χ4n) is 2.21. The summed E-state index contributed by atoms with van der Waals surface area (Å²) in [5.74, 6) is -5.15. The van der Waals surface area contributed by atoms with Crippen molar-refractivity contribution in [2.45, 2.75) is 61.4 Å². The Bertz CT molecular complexity index is 626. The Labute approximate surface area is 247 Å². The first-order valence-corrected chi connectivity index (χ1v) is 10.4. The van der Waals surface area contributed by atoms with Gasteiger partial charge in [-0.3, -0.25) is 0 Å². The molecule has 38 heavy (non-hydrogen) atoms. The number of quaternary nitrogens is 1. The van der Waals surface area contributed by atoms with Crippen molar-refractivity contribution in [3.63, 3.8) is 0 Å². The van der Waals surface area contributed by atoms with Gasteiger partial charge in [0, 0.05) is 12.4 Å². The number of hydrogen-bond acceptors (Lipinski definition) is 17. The van der Waals surface area contributed by atoms with Crippen LogP contribution in [0, 0.1) is 0 Å². The molecule has 0 aliphatic rings. The summed E-state index contributed by atoms with van der Waals surface area (Å²) in [6.07, 6.45) is -17.2. The van der Waals surface area contributed by atoms with Crippen molar-refractivity contribution < 1.29 is 90.4 Å². The monoisotopic (exact) mass is 591 g/mol. The number of likely N-dealkylation sites (N-methyl/N-ethyl adjacent to an activating group) is 1. The molecular weight excluding hydrogens is 554 g/mol. The first-order chi connectivity index (χ1) is 16.6. The summed E-state index contributed by atoms with van der Waals surface area (Å²) in [6.45, 7) is -1.30. The average molecular weight is 592 g/mol. The van der Waals surface area contributed by atoms with E-state index in [-0.39, 0.29) is 44.2 Å². The summed E-state index contributed by atoms with van der Waals surface area (Å²) in [4.78, 5) is 30.0. The molecule has 9 atom stereocenters. The van der Waals surface area contributed by atoms with Crippen molar-refractivity contribution in [1.82, 2.24) is 0 Å². The molecule has 0 aromatic rings. The number of carboxylic acid groups (broad SMARTS) is 3. The maximum atomic E-state index is 10.0. The van der Waals surface area contributed by atoms with E-state index in [0.717, 1.165) is 0 Å². The Balaban J connectivity index is -0.000000226. The molecule has 19 heteroatoms. The van der Waals surface area contributed by atoms with Crippen LogP contribution in [0.4, 0.5) is 0 Å².